The van der Waals surface area contributed by atoms with Gasteiger partial charge in [-0.25, -0.2) is 0 Å². The molecule has 0 amide bonds. The van der Waals surface area contributed by atoms with Crippen molar-refractivity contribution in [3.05, 3.63) is 24.0 Å². The van der Waals surface area contributed by atoms with E-state index in [4.69, 9.17) is 9.84 Å². The molecule has 1 aromatic rings. The summed E-state index contributed by atoms with van der Waals surface area (Å²) in [6.45, 7) is 5.79. The zero-order chi connectivity index (χ0) is 9.90. The third kappa shape index (κ3) is 3.03. The van der Waals surface area contributed by atoms with E-state index in [0.29, 0.717) is 11.4 Å². The van der Waals surface area contributed by atoms with Crippen LogP contribution in [-0.2, 0) is 6.61 Å². The van der Waals surface area contributed by atoms with Crippen LogP contribution in [0, 0.1) is 0 Å². The van der Waals surface area contributed by atoms with Crippen LogP contribution in [0.15, 0.2) is 18.3 Å². The SMILES string of the molecule is CC(C)(C)Oc1cccnc1CO. The normalized spacial score (nSPS) is 11.4. The molecule has 0 radical (unpaired) electrons. The van der Waals surface area contributed by atoms with Crippen LogP contribution < -0.4 is 4.74 Å². The van der Waals surface area contributed by atoms with Crippen molar-refractivity contribution in [2.75, 3.05) is 0 Å². The standard InChI is InChI=1S/C10H15NO2/c1-10(2,3)13-9-5-4-6-11-8(9)7-12/h4-6,12H,7H2,1-3H3. The van der Waals surface area contributed by atoms with Gasteiger partial charge >= 0.3 is 0 Å². The summed E-state index contributed by atoms with van der Waals surface area (Å²) in [4.78, 5) is 4.01. The van der Waals surface area contributed by atoms with Crippen molar-refractivity contribution in [2.24, 2.45) is 0 Å². The molecule has 0 bridgehead atoms. The van der Waals surface area contributed by atoms with Gasteiger partial charge < -0.3 is 9.84 Å². The van der Waals surface area contributed by atoms with Gasteiger partial charge in [0, 0.05) is 6.20 Å². The lowest BCUT2D eigenvalue weighted by atomic mass is 10.2. The second-order valence-electron chi connectivity index (χ2n) is 3.82. The molecule has 0 aliphatic rings. The first kappa shape index (κ1) is 9.99. The van der Waals surface area contributed by atoms with Gasteiger partial charge in [-0.15, -0.1) is 0 Å². The van der Waals surface area contributed by atoms with E-state index >= 15 is 0 Å². The molecule has 0 aliphatic carbocycles. The Morgan fingerprint density at radius 1 is 1.46 bits per heavy atom. The maximum atomic E-state index is 8.97. The molecule has 0 saturated heterocycles. The molecular formula is C10H15NO2. The zero-order valence-corrected chi connectivity index (χ0v) is 8.24. The van der Waals surface area contributed by atoms with Gasteiger partial charge in [0.1, 0.15) is 17.0 Å². The Morgan fingerprint density at radius 2 is 2.15 bits per heavy atom. The zero-order valence-electron chi connectivity index (χ0n) is 8.24. The number of hydrogen-bond acceptors (Lipinski definition) is 3. The minimum absolute atomic E-state index is 0.0910. The van der Waals surface area contributed by atoms with E-state index in [1.807, 2.05) is 26.8 Å². The van der Waals surface area contributed by atoms with Crippen molar-refractivity contribution in [1.82, 2.24) is 4.98 Å². The van der Waals surface area contributed by atoms with Crippen LogP contribution in [-0.4, -0.2) is 15.7 Å². The highest BCUT2D eigenvalue weighted by molar-refractivity contribution is 5.26. The number of pyridine rings is 1. The molecule has 3 nitrogen and oxygen atoms in total. The molecule has 0 aromatic carbocycles. The molecule has 72 valence electrons. The first-order valence-electron chi connectivity index (χ1n) is 4.27. The highest BCUT2D eigenvalue weighted by Gasteiger charge is 2.14. The van der Waals surface area contributed by atoms with E-state index in [9.17, 15) is 0 Å². The van der Waals surface area contributed by atoms with Gasteiger partial charge in [0.2, 0.25) is 0 Å². The number of hydrogen-bond donors (Lipinski definition) is 1. The van der Waals surface area contributed by atoms with Crippen LogP contribution >= 0.6 is 0 Å². The van der Waals surface area contributed by atoms with Crippen molar-refractivity contribution in [3.8, 4) is 5.75 Å². The fourth-order valence-corrected chi connectivity index (χ4v) is 0.965. The Labute approximate surface area is 78.4 Å². The van der Waals surface area contributed by atoms with Crippen LogP contribution in [0.4, 0.5) is 0 Å². The summed E-state index contributed by atoms with van der Waals surface area (Å²) in [6, 6.07) is 3.60. The number of aliphatic hydroxyl groups is 1. The molecule has 0 aliphatic heterocycles. The maximum absolute atomic E-state index is 8.97. The van der Waals surface area contributed by atoms with E-state index in [0.717, 1.165) is 0 Å². The van der Waals surface area contributed by atoms with Crippen LogP contribution in [0.3, 0.4) is 0 Å². The summed E-state index contributed by atoms with van der Waals surface area (Å²) < 4.78 is 5.60. The smallest absolute Gasteiger partial charge is 0.143 e. The second kappa shape index (κ2) is 3.75. The Kier molecular flexibility index (Phi) is 2.88. The van der Waals surface area contributed by atoms with Crippen molar-refractivity contribution in [2.45, 2.75) is 33.0 Å². The maximum Gasteiger partial charge on any atom is 0.143 e. The highest BCUT2D eigenvalue weighted by Crippen LogP contribution is 2.20. The minimum atomic E-state index is -0.257. The highest BCUT2D eigenvalue weighted by atomic mass is 16.5. The van der Waals surface area contributed by atoms with Crippen molar-refractivity contribution in [1.29, 1.82) is 0 Å². The van der Waals surface area contributed by atoms with Crippen molar-refractivity contribution < 1.29 is 9.84 Å². The number of aromatic nitrogens is 1. The van der Waals surface area contributed by atoms with Crippen LogP contribution in [0.5, 0.6) is 5.75 Å². The third-order valence-corrected chi connectivity index (χ3v) is 1.41. The van der Waals surface area contributed by atoms with Gasteiger partial charge in [0.05, 0.1) is 6.61 Å². The summed E-state index contributed by atoms with van der Waals surface area (Å²) in [7, 11) is 0. The average Bonchev–Trinajstić information content (AvgIpc) is 2.02. The molecule has 0 fully saturated rings. The molecule has 0 atom stereocenters. The van der Waals surface area contributed by atoms with Crippen molar-refractivity contribution in [3.63, 3.8) is 0 Å². The average molecular weight is 181 g/mol. The molecule has 3 heteroatoms. The van der Waals surface area contributed by atoms with E-state index in [1.165, 1.54) is 0 Å². The van der Waals surface area contributed by atoms with Gasteiger partial charge in [-0.1, -0.05) is 0 Å². The third-order valence-electron chi connectivity index (χ3n) is 1.41. The van der Waals surface area contributed by atoms with Gasteiger partial charge in [0.25, 0.3) is 0 Å². The first-order chi connectivity index (χ1) is 6.03. The predicted octanol–water partition coefficient (Wildman–Crippen LogP) is 1.75. The summed E-state index contributed by atoms with van der Waals surface area (Å²) in [5, 5.41) is 8.97. The number of aliphatic hydroxyl groups excluding tert-OH is 1. The molecule has 0 spiro atoms. The van der Waals surface area contributed by atoms with E-state index in [1.54, 1.807) is 12.3 Å². The van der Waals surface area contributed by atoms with E-state index in [2.05, 4.69) is 4.98 Å². The topological polar surface area (TPSA) is 42.4 Å². The molecule has 0 saturated carbocycles. The van der Waals surface area contributed by atoms with Crippen LogP contribution in [0.2, 0.25) is 0 Å². The summed E-state index contributed by atoms with van der Waals surface area (Å²) >= 11 is 0. The molecule has 1 rings (SSSR count). The number of nitrogens with zero attached hydrogens (tertiary/aromatic N) is 1. The van der Waals surface area contributed by atoms with Gasteiger partial charge in [-0.05, 0) is 32.9 Å². The summed E-state index contributed by atoms with van der Waals surface area (Å²) in [5.41, 5.74) is 0.324. The monoisotopic (exact) mass is 181 g/mol. The van der Waals surface area contributed by atoms with Gasteiger partial charge in [-0.3, -0.25) is 4.98 Å². The lowest BCUT2D eigenvalue weighted by Gasteiger charge is -2.22. The lowest BCUT2D eigenvalue weighted by molar-refractivity contribution is 0.125. The quantitative estimate of drug-likeness (QED) is 0.755. The molecule has 1 heterocycles. The Hall–Kier alpha value is -1.09. The van der Waals surface area contributed by atoms with Crippen LogP contribution in [0.1, 0.15) is 26.5 Å². The Bertz CT molecular complexity index is 278. The number of rotatable bonds is 2. The van der Waals surface area contributed by atoms with Gasteiger partial charge in [0.15, 0.2) is 0 Å². The van der Waals surface area contributed by atoms with Crippen molar-refractivity contribution >= 4 is 0 Å². The molecule has 13 heavy (non-hydrogen) atoms. The Balaban J connectivity index is 2.87. The summed E-state index contributed by atoms with van der Waals surface area (Å²) in [6.07, 6.45) is 1.64. The largest absolute Gasteiger partial charge is 0.486 e. The molecule has 0 unspecified atom stereocenters. The fraction of sp³-hybridized carbons (Fsp3) is 0.500. The van der Waals surface area contributed by atoms with Gasteiger partial charge in [-0.2, -0.15) is 0 Å². The fourth-order valence-electron chi connectivity index (χ4n) is 0.965. The lowest BCUT2D eigenvalue weighted by Crippen LogP contribution is -2.23. The molecule has 1 aromatic heterocycles. The molecule has 1 N–H and O–H groups in total. The second-order valence-corrected chi connectivity index (χ2v) is 3.82. The summed E-state index contributed by atoms with van der Waals surface area (Å²) in [5.74, 6) is 0.650. The number of ether oxygens (including phenoxy) is 1. The minimum Gasteiger partial charge on any atom is -0.486 e. The first-order valence-corrected chi connectivity index (χ1v) is 4.27. The Morgan fingerprint density at radius 3 is 2.69 bits per heavy atom. The predicted molar refractivity (Wildman–Crippen MR) is 50.5 cm³/mol. The van der Waals surface area contributed by atoms with E-state index < -0.39 is 0 Å². The van der Waals surface area contributed by atoms with Crippen LogP contribution in [0.25, 0.3) is 0 Å². The van der Waals surface area contributed by atoms with E-state index in [-0.39, 0.29) is 12.2 Å². The molecular weight excluding hydrogens is 166 g/mol.